The zero-order valence-corrected chi connectivity index (χ0v) is 20.1. The van der Waals surface area contributed by atoms with Crippen molar-refractivity contribution in [2.24, 2.45) is 0 Å². The summed E-state index contributed by atoms with van der Waals surface area (Å²) < 4.78 is 22.2. The van der Waals surface area contributed by atoms with Crippen molar-refractivity contribution in [3.63, 3.8) is 0 Å². The topological polar surface area (TPSA) is 125 Å². The van der Waals surface area contributed by atoms with Crippen molar-refractivity contribution in [3.8, 4) is 22.9 Å². The van der Waals surface area contributed by atoms with Gasteiger partial charge in [0, 0.05) is 38.3 Å². The number of aromatic nitrogens is 1. The largest absolute Gasteiger partial charge is 0.474 e. The predicted octanol–water partition coefficient (Wildman–Crippen LogP) is 3.52. The lowest BCUT2D eigenvalue weighted by molar-refractivity contribution is -0.186. The SMILES string of the molecule is CC(=O)O[C@@H]1[C@@H](OC(C)=O)[C@@H](Oc2cc(-c3ccc(C#N)nc3)ccc2Cl)SC[C@H]1OC(C)=O. The standard InChI is InChI=1S/C23H21ClN2O7S/c1-12(27)30-20-11-34-23(22(32-14(3)29)21(20)31-13(2)28)33-19-8-15(5-7-18(19)24)16-4-6-17(9-25)26-10-16/h4-8,10,20-23H,11H2,1-3H3/t20-,21+,22-,23+/m1/s1. The van der Waals surface area contributed by atoms with Crippen LogP contribution < -0.4 is 4.74 Å². The van der Waals surface area contributed by atoms with E-state index in [0.29, 0.717) is 10.8 Å². The number of carbonyl (C=O) groups excluding carboxylic acids is 3. The van der Waals surface area contributed by atoms with E-state index in [2.05, 4.69) is 4.98 Å². The minimum absolute atomic E-state index is 0.233. The van der Waals surface area contributed by atoms with Crippen LogP contribution >= 0.6 is 23.4 Å². The third-order valence-electron chi connectivity index (χ3n) is 4.69. The first-order valence-corrected chi connectivity index (χ1v) is 11.6. The minimum Gasteiger partial charge on any atom is -0.474 e. The molecule has 1 aromatic carbocycles. The van der Waals surface area contributed by atoms with Crippen LogP contribution in [0.1, 0.15) is 26.5 Å². The summed E-state index contributed by atoms with van der Waals surface area (Å²) in [5.74, 6) is -1.28. The molecule has 1 fully saturated rings. The van der Waals surface area contributed by atoms with Crippen LogP contribution in [0.3, 0.4) is 0 Å². The molecule has 0 unspecified atom stereocenters. The number of hydrogen-bond donors (Lipinski definition) is 0. The van der Waals surface area contributed by atoms with E-state index >= 15 is 0 Å². The van der Waals surface area contributed by atoms with E-state index in [0.717, 1.165) is 11.1 Å². The number of halogens is 1. The molecule has 0 spiro atoms. The Morgan fingerprint density at radius 3 is 2.24 bits per heavy atom. The number of nitriles is 1. The highest BCUT2D eigenvalue weighted by molar-refractivity contribution is 7.99. The number of rotatable bonds is 6. The molecule has 9 nitrogen and oxygen atoms in total. The molecule has 1 aliphatic rings. The van der Waals surface area contributed by atoms with Gasteiger partial charge in [0.05, 0.1) is 5.02 Å². The van der Waals surface area contributed by atoms with Crippen molar-refractivity contribution in [1.29, 1.82) is 5.26 Å². The van der Waals surface area contributed by atoms with Gasteiger partial charge in [-0.1, -0.05) is 17.7 Å². The first-order valence-electron chi connectivity index (χ1n) is 10.1. The summed E-state index contributed by atoms with van der Waals surface area (Å²) in [4.78, 5) is 39.2. The number of pyridine rings is 1. The third-order valence-corrected chi connectivity index (χ3v) is 6.22. The molecule has 178 valence electrons. The van der Waals surface area contributed by atoms with Gasteiger partial charge in [0.2, 0.25) is 0 Å². The Bertz CT molecular complexity index is 1120. The summed E-state index contributed by atoms with van der Waals surface area (Å²) in [7, 11) is 0. The van der Waals surface area contributed by atoms with Crippen LogP contribution in [0.15, 0.2) is 36.5 Å². The monoisotopic (exact) mass is 504 g/mol. The van der Waals surface area contributed by atoms with Crippen molar-refractivity contribution in [2.45, 2.75) is 44.5 Å². The van der Waals surface area contributed by atoms with Gasteiger partial charge in [-0.25, -0.2) is 4.98 Å². The van der Waals surface area contributed by atoms with Crippen LogP contribution in [-0.4, -0.2) is 52.4 Å². The van der Waals surface area contributed by atoms with E-state index in [1.165, 1.54) is 32.5 Å². The van der Waals surface area contributed by atoms with E-state index < -0.39 is 41.7 Å². The molecule has 0 saturated carbocycles. The van der Waals surface area contributed by atoms with Crippen molar-refractivity contribution < 1.29 is 33.3 Å². The second kappa shape index (κ2) is 11.2. The Morgan fingerprint density at radius 2 is 1.65 bits per heavy atom. The first kappa shape index (κ1) is 25.3. The zero-order chi connectivity index (χ0) is 24.8. The number of thioether (sulfide) groups is 1. The Labute approximate surface area is 205 Å². The fourth-order valence-electron chi connectivity index (χ4n) is 3.34. The lowest BCUT2D eigenvalue weighted by Crippen LogP contribution is -2.55. The molecule has 2 aromatic rings. The molecule has 1 saturated heterocycles. The summed E-state index contributed by atoms with van der Waals surface area (Å²) >= 11 is 7.60. The van der Waals surface area contributed by atoms with Gasteiger partial charge < -0.3 is 18.9 Å². The van der Waals surface area contributed by atoms with Gasteiger partial charge in [-0.05, 0) is 29.8 Å². The molecule has 0 bridgehead atoms. The summed E-state index contributed by atoms with van der Waals surface area (Å²) in [5.41, 5.74) is 0.944. The van der Waals surface area contributed by atoms with Gasteiger partial charge in [0.25, 0.3) is 0 Å². The number of ether oxygens (including phenoxy) is 4. The molecule has 1 aliphatic heterocycles. The number of carbonyl (C=O) groups is 3. The fourth-order valence-corrected chi connectivity index (χ4v) is 4.71. The zero-order valence-electron chi connectivity index (χ0n) is 18.5. The molecule has 11 heteroatoms. The average Bonchev–Trinajstić information content (AvgIpc) is 2.78. The maximum atomic E-state index is 11.8. The van der Waals surface area contributed by atoms with E-state index in [4.69, 9.17) is 35.8 Å². The molecule has 2 heterocycles. The highest BCUT2D eigenvalue weighted by Gasteiger charge is 2.47. The molecule has 1 aromatic heterocycles. The minimum atomic E-state index is -1.07. The highest BCUT2D eigenvalue weighted by Crippen LogP contribution is 2.37. The first-order chi connectivity index (χ1) is 16.2. The van der Waals surface area contributed by atoms with Gasteiger partial charge in [-0.3, -0.25) is 14.4 Å². The van der Waals surface area contributed by atoms with Crippen LogP contribution in [0, 0.1) is 11.3 Å². The van der Waals surface area contributed by atoms with Gasteiger partial charge in [0.1, 0.15) is 17.5 Å². The molecule has 4 atom stereocenters. The van der Waals surface area contributed by atoms with Gasteiger partial charge in [-0.15, -0.1) is 11.8 Å². The summed E-state index contributed by atoms with van der Waals surface area (Å²) in [6, 6.07) is 10.4. The number of nitrogens with zero attached hydrogens (tertiary/aromatic N) is 2. The van der Waals surface area contributed by atoms with Gasteiger partial charge >= 0.3 is 17.9 Å². The lowest BCUT2D eigenvalue weighted by atomic mass is 10.1. The summed E-state index contributed by atoms with van der Waals surface area (Å²) in [5, 5.41) is 9.25. The second-order valence-corrected chi connectivity index (χ2v) is 8.84. The number of benzene rings is 1. The van der Waals surface area contributed by atoms with Crippen LogP contribution in [0.4, 0.5) is 0 Å². The second-order valence-electron chi connectivity index (χ2n) is 7.30. The van der Waals surface area contributed by atoms with E-state index in [1.807, 2.05) is 6.07 Å². The normalized spacial score (nSPS) is 21.6. The molecule has 0 amide bonds. The van der Waals surface area contributed by atoms with Crippen molar-refractivity contribution in [2.75, 3.05) is 5.75 Å². The number of esters is 3. The van der Waals surface area contributed by atoms with Crippen LogP contribution in [-0.2, 0) is 28.6 Å². The molecular formula is C23H21ClN2O7S. The molecule has 0 aliphatic carbocycles. The molecule has 0 radical (unpaired) electrons. The summed E-state index contributed by atoms with van der Waals surface area (Å²) in [6.45, 7) is 3.66. The fraction of sp³-hybridized carbons (Fsp3) is 0.348. The van der Waals surface area contributed by atoms with Crippen molar-refractivity contribution >= 4 is 41.3 Å². The molecule has 0 N–H and O–H groups in total. The maximum Gasteiger partial charge on any atom is 0.303 e. The maximum absolute atomic E-state index is 11.8. The van der Waals surface area contributed by atoms with Gasteiger partial charge in [-0.2, -0.15) is 5.26 Å². The van der Waals surface area contributed by atoms with E-state index in [-0.39, 0.29) is 11.4 Å². The number of hydrogen-bond acceptors (Lipinski definition) is 10. The smallest absolute Gasteiger partial charge is 0.303 e. The van der Waals surface area contributed by atoms with Crippen LogP contribution in [0.25, 0.3) is 11.1 Å². The Balaban J connectivity index is 1.91. The van der Waals surface area contributed by atoms with Crippen molar-refractivity contribution in [3.05, 3.63) is 47.2 Å². The Hall–Kier alpha value is -3.29. The summed E-state index contributed by atoms with van der Waals surface area (Å²) in [6.07, 6.45) is -1.41. The van der Waals surface area contributed by atoms with Gasteiger partial charge in [0.15, 0.2) is 23.7 Å². The van der Waals surface area contributed by atoms with Crippen LogP contribution in [0.2, 0.25) is 5.02 Å². The van der Waals surface area contributed by atoms with E-state index in [1.54, 1.807) is 36.5 Å². The predicted molar refractivity (Wildman–Crippen MR) is 123 cm³/mol. The molecule has 34 heavy (non-hydrogen) atoms. The average molecular weight is 505 g/mol. The Kier molecular flexibility index (Phi) is 8.36. The lowest BCUT2D eigenvalue weighted by Gasteiger charge is -2.40. The van der Waals surface area contributed by atoms with Crippen LogP contribution in [0.5, 0.6) is 5.75 Å². The highest BCUT2D eigenvalue weighted by atomic mass is 35.5. The molecular weight excluding hydrogens is 484 g/mol. The van der Waals surface area contributed by atoms with Crippen molar-refractivity contribution in [1.82, 2.24) is 4.98 Å². The van der Waals surface area contributed by atoms with E-state index in [9.17, 15) is 14.4 Å². The third kappa shape index (κ3) is 6.40. The Morgan fingerprint density at radius 1 is 1.00 bits per heavy atom. The quantitative estimate of drug-likeness (QED) is 0.426. The molecule has 3 rings (SSSR count).